The summed E-state index contributed by atoms with van der Waals surface area (Å²) < 4.78 is 0. The van der Waals surface area contributed by atoms with Crippen LogP contribution in [0.5, 0.6) is 0 Å². The second-order valence-electron chi connectivity index (χ2n) is 4.08. The van der Waals surface area contributed by atoms with Gasteiger partial charge in [-0.3, -0.25) is 0 Å². The highest BCUT2D eigenvalue weighted by molar-refractivity contribution is 4.81. The van der Waals surface area contributed by atoms with Crippen LogP contribution in [0.3, 0.4) is 0 Å². The minimum atomic E-state index is 0.728. The van der Waals surface area contributed by atoms with E-state index in [0.29, 0.717) is 0 Å². The molecule has 1 N–H and O–H groups in total. The van der Waals surface area contributed by atoms with Crippen molar-refractivity contribution in [3.8, 4) is 0 Å². The fraction of sp³-hybridized carbons (Fsp3) is 0.818. The van der Waals surface area contributed by atoms with Crippen molar-refractivity contribution >= 4 is 0 Å². The van der Waals surface area contributed by atoms with Crippen LogP contribution in [0.2, 0.25) is 0 Å². The molecular formula is C11H22N2. The quantitative estimate of drug-likeness (QED) is 0.525. The van der Waals surface area contributed by atoms with Gasteiger partial charge in [-0.15, -0.1) is 6.58 Å². The van der Waals surface area contributed by atoms with Crippen molar-refractivity contribution < 1.29 is 0 Å². The Morgan fingerprint density at radius 3 is 3.00 bits per heavy atom. The van der Waals surface area contributed by atoms with Crippen molar-refractivity contribution in [2.75, 3.05) is 20.1 Å². The largest absolute Gasteiger partial charge is 0.314 e. The molecule has 2 unspecified atom stereocenters. The highest BCUT2D eigenvalue weighted by atomic mass is 15.1. The summed E-state index contributed by atoms with van der Waals surface area (Å²) in [5.41, 5.74) is 0. The van der Waals surface area contributed by atoms with Crippen molar-refractivity contribution in [1.29, 1.82) is 0 Å². The molecule has 76 valence electrons. The van der Waals surface area contributed by atoms with Gasteiger partial charge in [0, 0.05) is 12.1 Å². The molecule has 0 spiro atoms. The molecule has 0 amide bonds. The first-order valence-electron chi connectivity index (χ1n) is 5.28. The van der Waals surface area contributed by atoms with Crippen LogP contribution in [0.4, 0.5) is 0 Å². The van der Waals surface area contributed by atoms with Gasteiger partial charge in [0.05, 0.1) is 0 Å². The van der Waals surface area contributed by atoms with E-state index in [1.807, 2.05) is 6.08 Å². The molecule has 13 heavy (non-hydrogen) atoms. The van der Waals surface area contributed by atoms with Crippen molar-refractivity contribution in [2.45, 2.75) is 38.3 Å². The zero-order valence-electron chi connectivity index (χ0n) is 8.92. The maximum atomic E-state index is 3.72. The van der Waals surface area contributed by atoms with Gasteiger partial charge >= 0.3 is 0 Å². The first kappa shape index (κ1) is 10.7. The molecule has 1 heterocycles. The summed E-state index contributed by atoms with van der Waals surface area (Å²) in [6.45, 7) is 8.35. The van der Waals surface area contributed by atoms with E-state index in [-0.39, 0.29) is 0 Å². The third kappa shape index (κ3) is 3.49. The predicted molar refractivity (Wildman–Crippen MR) is 57.9 cm³/mol. The molecular weight excluding hydrogens is 160 g/mol. The third-order valence-corrected chi connectivity index (χ3v) is 2.99. The Bertz CT molecular complexity index is 156. The molecule has 0 aliphatic carbocycles. The zero-order valence-corrected chi connectivity index (χ0v) is 8.92. The van der Waals surface area contributed by atoms with Crippen LogP contribution >= 0.6 is 0 Å². The summed E-state index contributed by atoms with van der Waals surface area (Å²) in [4.78, 5) is 2.44. The molecule has 2 nitrogen and oxygen atoms in total. The molecule has 0 aromatic rings. The van der Waals surface area contributed by atoms with Gasteiger partial charge in [-0.2, -0.15) is 0 Å². The van der Waals surface area contributed by atoms with Gasteiger partial charge in [0.2, 0.25) is 0 Å². The lowest BCUT2D eigenvalue weighted by atomic mass is 9.99. The second-order valence-corrected chi connectivity index (χ2v) is 4.08. The lowest BCUT2D eigenvalue weighted by molar-refractivity contribution is 0.169. The van der Waals surface area contributed by atoms with Crippen LogP contribution < -0.4 is 5.32 Å². The number of likely N-dealkylation sites (tertiary alicyclic amines) is 1. The zero-order chi connectivity index (χ0) is 9.68. The Hall–Kier alpha value is -0.340. The van der Waals surface area contributed by atoms with Gasteiger partial charge < -0.3 is 10.2 Å². The minimum Gasteiger partial charge on any atom is -0.314 e. The maximum absolute atomic E-state index is 3.72. The van der Waals surface area contributed by atoms with Crippen molar-refractivity contribution in [3.63, 3.8) is 0 Å². The van der Waals surface area contributed by atoms with Gasteiger partial charge in [0.25, 0.3) is 0 Å². The Balaban J connectivity index is 2.17. The average molecular weight is 182 g/mol. The summed E-state index contributed by atoms with van der Waals surface area (Å²) in [6.07, 6.45) is 5.64. The van der Waals surface area contributed by atoms with E-state index in [2.05, 4.69) is 30.8 Å². The highest BCUT2D eigenvalue weighted by Crippen LogP contribution is 2.14. The Morgan fingerprint density at radius 1 is 1.62 bits per heavy atom. The van der Waals surface area contributed by atoms with Crippen LogP contribution in [-0.4, -0.2) is 37.1 Å². The first-order valence-corrected chi connectivity index (χ1v) is 5.28. The van der Waals surface area contributed by atoms with Gasteiger partial charge in [-0.1, -0.05) is 6.08 Å². The van der Waals surface area contributed by atoms with Crippen molar-refractivity contribution in [3.05, 3.63) is 12.7 Å². The molecule has 1 fully saturated rings. The molecule has 2 atom stereocenters. The standard InChI is InChI=1S/C11H22N2/c1-4-5-7-12-11-6-8-13(3)10(2)9-11/h4,10-12H,1,5-9H2,2-3H3. The normalized spacial score (nSPS) is 30.3. The van der Waals surface area contributed by atoms with E-state index in [4.69, 9.17) is 0 Å². The van der Waals surface area contributed by atoms with Crippen LogP contribution in [0.15, 0.2) is 12.7 Å². The van der Waals surface area contributed by atoms with Crippen LogP contribution in [0.25, 0.3) is 0 Å². The SMILES string of the molecule is C=CCCNC1CCN(C)C(C)C1. The minimum absolute atomic E-state index is 0.728. The van der Waals surface area contributed by atoms with E-state index in [0.717, 1.165) is 25.0 Å². The molecule has 1 aliphatic heterocycles. The summed E-state index contributed by atoms with van der Waals surface area (Å²) in [5.74, 6) is 0. The average Bonchev–Trinajstić information content (AvgIpc) is 2.12. The van der Waals surface area contributed by atoms with Gasteiger partial charge in [-0.05, 0) is 46.3 Å². The second kappa shape index (κ2) is 5.40. The number of nitrogens with zero attached hydrogens (tertiary/aromatic N) is 1. The molecule has 1 aliphatic rings. The summed E-state index contributed by atoms with van der Waals surface area (Å²) in [5, 5.41) is 3.58. The highest BCUT2D eigenvalue weighted by Gasteiger charge is 2.21. The van der Waals surface area contributed by atoms with E-state index in [9.17, 15) is 0 Å². The van der Waals surface area contributed by atoms with Crippen LogP contribution in [-0.2, 0) is 0 Å². The fourth-order valence-electron chi connectivity index (χ4n) is 1.86. The molecule has 0 saturated carbocycles. The lowest BCUT2D eigenvalue weighted by Gasteiger charge is -2.35. The van der Waals surface area contributed by atoms with Gasteiger partial charge in [0.15, 0.2) is 0 Å². The number of rotatable bonds is 4. The smallest absolute Gasteiger partial charge is 0.00941 e. The predicted octanol–water partition coefficient (Wildman–Crippen LogP) is 1.63. The fourth-order valence-corrected chi connectivity index (χ4v) is 1.86. The molecule has 1 saturated heterocycles. The molecule has 1 rings (SSSR count). The van der Waals surface area contributed by atoms with Crippen molar-refractivity contribution in [2.24, 2.45) is 0 Å². The Labute approximate surface area is 82.0 Å². The van der Waals surface area contributed by atoms with E-state index in [1.54, 1.807) is 0 Å². The summed E-state index contributed by atoms with van der Waals surface area (Å²) in [7, 11) is 2.21. The van der Waals surface area contributed by atoms with Gasteiger partial charge in [-0.25, -0.2) is 0 Å². The molecule has 0 bridgehead atoms. The number of hydrogen-bond donors (Lipinski definition) is 1. The lowest BCUT2D eigenvalue weighted by Crippen LogP contribution is -2.45. The van der Waals surface area contributed by atoms with Crippen molar-refractivity contribution in [1.82, 2.24) is 10.2 Å². The molecule has 0 aromatic carbocycles. The Kier molecular flexibility index (Phi) is 4.46. The van der Waals surface area contributed by atoms with E-state index in [1.165, 1.54) is 19.4 Å². The number of nitrogens with one attached hydrogen (secondary N) is 1. The number of piperidine rings is 1. The van der Waals surface area contributed by atoms with E-state index >= 15 is 0 Å². The van der Waals surface area contributed by atoms with Gasteiger partial charge in [0.1, 0.15) is 0 Å². The monoisotopic (exact) mass is 182 g/mol. The maximum Gasteiger partial charge on any atom is 0.00941 e. The molecule has 0 aromatic heterocycles. The summed E-state index contributed by atoms with van der Waals surface area (Å²) >= 11 is 0. The molecule has 0 radical (unpaired) electrons. The summed E-state index contributed by atoms with van der Waals surface area (Å²) in [6, 6.07) is 1.46. The van der Waals surface area contributed by atoms with Crippen LogP contribution in [0, 0.1) is 0 Å². The number of hydrogen-bond acceptors (Lipinski definition) is 2. The first-order chi connectivity index (χ1) is 6.24. The molecule has 2 heteroatoms. The topological polar surface area (TPSA) is 15.3 Å². The third-order valence-electron chi connectivity index (χ3n) is 2.99. The van der Waals surface area contributed by atoms with Crippen LogP contribution in [0.1, 0.15) is 26.2 Å². The van der Waals surface area contributed by atoms with E-state index < -0.39 is 0 Å². The Morgan fingerprint density at radius 2 is 2.38 bits per heavy atom.